The van der Waals surface area contributed by atoms with E-state index in [1.54, 1.807) is 4.90 Å². The molecule has 1 N–H and O–H groups in total. The largest absolute Gasteiger partial charge is 0.447 e. The van der Waals surface area contributed by atoms with E-state index in [1.807, 2.05) is 0 Å². The summed E-state index contributed by atoms with van der Waals surface area (Å²) in [4.78, 5) is 30.4. The zero-order valence-electron chi connectivity index (χ0n) is 15.1. The number of aromatic nitrogens is 1. The number of hydrogen-bond acceptors (Lipinski definition) is 4. The Morgan fingerprint density at radius 3 is 2.48 bits per heavy atom. The zero-order chi connectivity index (χ0) is 21.0. The smallest absolute Gasteiger partial charge is 0.339 e. The summed E-state index contributed by atoms with van der Waals surface area (Å²) in [5.74, 6) is -0.931. The van der Waals surface area contributed by atoms with Crippen LogP contribution < -0.4 is 5.32 Å². The van der Waals surface area contributed by atoms with Crippen LogP contribution in [0.15, 0.2) is 41.6 Å². The van der Waals surface area contributed by atoms with Crippen molar-refractivity contribution in [1.29, 1.82) is 0 Å². The minimum absolute atomic E-state index is 0.162. The van der Waals surface area contributed by atoms with Crippen molar-refractivity contribution in [3.05, 3.63) is 52.7 Å². The number of benzene rings is 1. The third kappa shape index (κ3) is 5.63. The quantitative estimate of drug-likeness (QED) is 0.657. The summed E-state index contributed by atoms with van der Waals surface area (Å²) in [6.07, 6.45) is 4.16. The van der Waals surface area contributed by atoms with Crippen LogP contribution >= 0.6 is 23.4 Å². The molecule has 0 bridgehead atoms. The molecule has 5 nitrogen and oxygen atoms in total. The summed E-state index contributed by atoms with van der Waals surface area (Å²) in [6, 6.07) is 7.04. The van der Waals surface area contributed by atoms with Gasteiger partial charge in [-0.15, -0.1) is 0 Å². The van der Waals surface area contributed by atoms with Gasteiger partial charge in [0.25, 0.3) is 11.8 Å². The highest BCUT2D eigenvalue weighted by atomic mass is 35.5. The first-order chi connectivity index (χ1) is 13.7. The van der Waals surface area contributed by atoms with Crippen molar-refractivity contribution in [3.8, 4) is 0 Å². The summed E-state index contributed by atoms with van der Waals surface area (Å²) < 4.78 is 38.0. The standard InChI is InChI=1S/C19H17ClF3N3O2S/c20-15-11-12(6-7-13(15)18(28)26-9-2-1-3-10-26)25-16(27)14-5-4-8-24-17(14)29-19(21,22)23/h4-8,11H,1-3,9-10H2,(H,25,27). The van der Waals surface area contributed by atoms with Crippen LogP contribution in [0.25, 0.3) is 0 Å². The predicted molar refractivity (Wildman–Crippen MR) is 105 cm³/mol. The van der Waals surface area contributed by atoms with Crippen LogP contribution in [0.1, 0.15) is 40.0 Å². The zero-order valence-corrected chi connectivity index (χ0v) is 16.7. The number of amides is 2. The summed E-state index contributed by atoms with van der Waals surface area (Å²) in [5.41, 5.74) is -4.19. The first kappa shape index (κ1) is 21.4. The number of piperidine rings is 1. The van der Waals surface area contributed by atoms with Crippen molar-refractivity contribution in [2.45, 2.75) is 29.8 Å². The molecule has 1 fully saturated rings. The van der Waals surface area contributed by atoms with Crippen LogP contribution in [0.4, 0.5) is 18.9 Å². The molecule has 1 aliphatic rings. The molecule has 2 amide bonds. The molecule has 154 valence electrons. The van der Waals surface area contributed by atoms with E-state index in [0.717, 1.165) is 19.3 Å². The van der Waals surface area contributed by atoms with Crippen molar-refractivity contribution >= 4 is 40.9 Å². The van der Waals surface area contributed by atoms with E-state index < -0.39 is 28.2 Å². The maximum Gasteiger partial charge on any atom is 0.447 e. The molecule has 29 heavy (non-hydrogen) atoms. The van der Waals surface area contributed by atoms with E-state index in [4.69, 9.17) is 11.6 Å². The fourth-order valence-corrected chi connectivity index (χ4v) is 3.85. The second-order valence-corrected chi connectivity index (χ2v) is 7.87. The minimum Gasteiger partial charge on any atom is -0.339 e. The van der Waals surface area contributed by atoms with Crippen molar-refractivity contribution in [1.82, 2.24) is 9.88 Å². The summed E-state index contributed by atoms with van der Waals surface area (Å²) in [6.45, 7) is 1.35. The van der Waals surface area contributed by atoms with E-state index in [1.165, 1.54) is 36.5 Å². The molecule has 1 aromatic heterocycles. The van der Waals surface area contributed by atoms with Crippen LogP contribution in [0.5, 0.6) is 0 Å². The van der Waals surface area contributed by atoms with E-state index in [-0.39, 0.29) is 22.2 Å². The molecule has 0 saturated carbocycles. The molecule has 0 unspecified atom stereocenters. The number of halogens is 4. The molecule has 10 heteroatoms. The fraction of sp³-hybridized carbons (Fsp3) is 0.316. The lowest BCUT2D eigenvalue weighted by molar-refractivity contribution is -0.0329. The third-order valence-corrected chi connectivity index (χ3v) is 5.39. The molecule has 1 saturated heterocycles. The molecule has 0 spiro atoms. The predicted octanol–water partition coefficient (Wildman–Crippen LogP) is 5.23. The van der Waals surface area contributed by atoms with E-state index in [0.29, 0.717) is 18.7 Å². The number of thioether (sulfide) groups is 1. The fourth-order valence-electron chi connectivity index (χ4n) is 2.99. The van der Waals surface area contributed by atoms with Gasteiger partial charge in [-0.05, 0) is 49.6 Å². The normalized spacial score (nSPS) is 14.6. The van der Waals surface area contributed by atoms with Crippen LogP contribution in [0.3, 0.4) is 0 Å². The Morgan fingerprint density at radius 2 is 1.83 bits per heavy atom. The minimum atomic E-state index is -4.57. The highest BCUT2D eigenvalue weighted by Crippen LogP contribution is 2.37. The highest BCUT2D eigenvalue weighted by Gasteiger charge is 2.32. The first-order valence-corrected chi connectivity index (χ1v) is 10.0. The van der Waals surface area contributed by atoms with Crippen LogP contribution in [-0.2, 0) is 0 Å². The van der Waals surface area contributed by atoms with Gasteiger partial charge in [-0.25, -0.2) is 4.98 Å². The second-order valence-electron chi connectivity index (χ2n) is 6.41. The number of rotatable bonds is 4. The SMILES string of the molecule is O=C(Nc1ccc(C(=O)N2CCCCC2)c(Cl)c1)c1cccnc1SC(F)(F)F. The Kier molecular flexibility index (Phi) is 6.69. The number of nitrogens with one attached hydrogen (secondary N) is 1. The summed E-state index contributed by atoms with van der Waals surface area (Å²) in [5, 5.41) is 2.22. The van der Waals surface area contributed by atoms with Crippen molar-refractivity contribution in [3.63, 3.8) is 0 Å². The van der Waals surface area contributed by atoms with Gasteiger partial charge in [0, 0.05) is 36.7 Å². The number of likely N-dealkylation sites (tertiary alicyclic amines) is 1. The average molecular weight is 444 g/mol. The van der Waals surface area contributed by atoms with Gasteiger partial charge in [-0.3, -0.25) is 9.59 Å². The first-order valence-electron chi connectivity index (χ1n) is 8.85. The molecule has 3 rings (SSSR count). The van der Waals surface area contributed by atoms with Crippen LogP contribution in [0, 0.1) is 0 Å². The van der Waals surface area contributed by atoms with Crippen molar-refractivity contribution in [2.75, 3.05) is 18.4 Å². The molecular formula is C19H17ClF3N3O2S. The Labute approximate surface area is 174 Å². The summed E-state index contributed by atoms with van der Waals surface area (Å²) >= 11 is 5.77. The monoisotopic (exact) mass is 443 g/mol. The van der Waals surface area contributed by atoms with E-state index in [9.17, 15) is 22.8 Å². The Morgan fingerprint density at radius 1 is 1.10 bits per heavy atom. The number of alkyl halides is 3. The average Bonchev–Trinajstić information content (AvgIpc) is 2.67. The van der Waals surface area contributed by atoms with E-state index >= 15 is 0 Å². The summed E-state index contributed by atoms with van der Waals surface area (Å²) in [7, 11) is 0. The van der Waals surface area contributed by atoms with Gasteiger partial charge in [0.1, 0.15) is 5.03 Å². The molecule has 0 radical (unpaired) electrons. The van der Waals surface area contributed by atoms with Gasteiger partial charge in [0.2, 0.25) is 0 Å². The van der Waals surface area contributed by atoms with Gasteiger partial charge in [0.15, 0.2) is 0 Å². The van der Waals surface area contributed by atoms with Gasteiger partial charge < -0.3 is 10.2 Å². The third-order valence-electron chi connectivity index (χ3n) is 4.33. The molecular weight excluding hydrogens is 427 g/mol. The van der Waals surface area contributed by atoms with Gasteiger partial charge >= 0.3 is 5.51 Å². The number of pyridine rings is 1. The lowest BCUT2D eigenvalue weighted by Gasteiger charge is -2.27. The maximum atomic E-state index is 12.7. The van der Waals surface area contributed by atoms with Gasteiger partial charge in [0.05, 0.1) is 16.1 Å². The molecule has 2 heterocycles. The van der Waals surface area contributed by atoms with Crippen LogP contribution in [-0.4, -0.2) is 40.3 Å². The number of hydrogen-bond donors (Lipinski definition) is 1. The molecule has 1 aliphatic heterocycles. The second kappa shape index (κ2) is 9.04. The Balaban J connectivity index is 1.75. The molecule has 0 aliphatic carbocycles. The lowest BCUT2D eigenvalue weighted by Crippen LogP contribution is -2.35. The number of carbonyl (C=O) groups is 2. The lowest BCUT2D eigenvalue weighted by atomic mass is 10.1. The highest BCUT2D eigenvalue weighted by molar-refractivity contribution is 8.00. The van der Waals surface area contributed by atoms with Gasteiger partial charge in [-0.2, -0.15) is 13.2 Å². The molecule has 1 aromatic carbocycles. The van der Waals surface area contributed by atoms with Gasteiger partial charge in [-0.1, -0.05) is 11.6 Å². The number of nitrogens with zero attached hydrogens (tertiary/aromatic N) is 2. The van der Waals surface area contributed by atoms with Crippen molar-refractivity contribution in [2.24, 2.45) is 0 Å². The Bertz CT molecular complexity index is 918. The topological polar surface area (TPSA) is 62.3 Å². The van der Waals surface area contributed by atoms with E-state index in [2.05, 4.69) is 10.3 Å². The molecule has 0 atom stereocenters. The Hall–Kier alpha value is -2.26. The van der Waals surface area contributed by atoms with Crippen LogP contribution in [0.2, 0.25) is 5.02 Å². The number of anilines is 1. The van der Waals surface area contributed by atoms with Crippen molar-refractivity contribution < 1.29 is 22.8 Å². The maximum absolute atomic E-state index is 12.7. The molecule has 2 aromatic rings. The number of carbonyl (C=O) groups excluding carboxylic acids is 2.